The highest BCUT2D eigenvalue weighted by atomic mass is 79.9. The average Bonchev–Trinajstić information content (AvgIpc) is 2.46. The predicted molar refractivity (Wildman–Crippen MR) is 90.3 cm³/mol. The molecule has 3 N–H and O–H groups in total. The maximum atomic E-state index is 7.76. The van der Waals surface area contributed by atoms with Crippen LogP contribution in [0.5, 0.6) is 5.75 Å². The highest BCUT2D eigenvalue weighted by molar-refractivity contribution is 9.10. The molecule has 0 heterocycles. The lowest BCUT2D eigenvalue weighted by molar-refractivity contribution is 0.414. The van der Waals surface area contributed by atoms with Crippen LogP contribution < -0.4 is 15.4 Å². The Morgan fingerprint density at radius 2 is 2.00 bits per heavy atom. The van der Waals surface area contributed by atoms with Gasteiger partial charge in [-0.3, -0.25) is 5.41 Å². The lowest BCUT2D eigenvalue weighted by Gasteiger charge is -2.23. The van der Waals surface area contributed by atoms with Gasteiger partial charge in [0.2, 0.25) is 0 Å². The summed E-state index contributed by atoms with van der Waals surface area (Å²) in [5, 5.41) is 7.76. The van der Waals surface area contributed by atoms with Crippen molar-refractivity contribution in [3.8, 4) is 5.75 Å². The summed E-state index contributed by atoms with van der Waals surface area (Å²) in [5.41, 5.74) is 8.46. The molecule has 0 saturated carbocycles. The van der Waals surface area contributed by atoms with Crippen molar-refractivity contribution in [1.82, 2.24) is 0 Å². The molecule has 0 aromatic heterocycles. The van der Waals surface area contributed by atoms with Crippen molar-refractivity contribution in [2.24, 2.45) is 5.73 Å². The van der Waals surface area contributed by atoms with Crippen molar-refractivity contribution >= 4 is 27.5 Å². The zero-order chi connectivity index (χ0) is 15.4. The van der Waals surface area contributed by atoms with E-state index in [1.54, 1.807) is 7.11 Å². The summed E-state index contributed by atoms with van der Waals surface area (Å²) >= 11 is 3.46. The fourth-order valence-electron chi connectivity index (χ4n) is 2.23. The first-order valence-corrected chi connectivity index (χ1v) is 7.29. The largest absolute Gasteiger partial charge is 0.497 e. The summed E-state index contributed by atoms with van der Waals surface area (Å²) in [6.07, 6.45) is 0. The molecule has 2 aromatic rings. The summed E-state index contributed by atoms with van der Waals surface area (Å²) in [6.45, 7) is 0.702. The molecule has 4 nitrogen and oxygen atoms in total. The van der Waals surface area contributed by atoms with E-state index in [4.69, 9.17) is 15.9 Å². The third-order valence-corrected chi connectivity index (χ3v) is 3.89. The Hall–Kier alpha value is -2.01. The van der Waals surface area contributed by atoms with Crippen molar-refractivity contribution in [1.29, 1.82) is 5.41 Å². The molecule has 0 spiro atoms. The number of hydrogen-bond donors (Lipinski definition) is 2. The van der Waals surface area contributed by atoms with E-state index in [0.29, 0.717) is 12.1 Å². The highest BCUT2D eigenvalue weighted by Crippen LogP contribution is 2.28. The van der Waals surface area contributed by atoms with E-state index in [9.17, 15) is 0 Å². The van der Waals surface area contributed by atoms with Crippen LogP contribution in [0.4, 0.5) is 5.69 Å². The molecule has 0 aliphatic rings. The minimum absolute atomic E-state index is 0.0509. The van der Waals surface area contributed by atoms with E-state index in [1.165, 1.54) is 0 Å². The second-order valence-corrected chi connectivity index (χ2v) is 5.61. The number of nitrogen functional groups attached to an aromatic ring is 1. The molecule has 110 valence electrons. The first kappa shape index (κ1) is 15.4. The third kappa shape index (κ3) is 3.55. The summed E-state index contributed by atoms with van der Waals surface area (Å²) in [5.74, 6) is 0.886. The molecule has 0 amide bonds. The Bertz CT molecular complexity index is 658. The van der Waals surface area contributed by atoms with E-state index in [1.807, 2.05) is 49.5 Å². The fourth-order valence-corrected chi connectivity index (χ4v) is 2.80. The zero-order valence-corrected chi connectivity index (χ0v) is 13.6. The number of benzene rings is 2. The van der Waals surface area contributed by atoms with Crippen LogP contribution in [0, 0.1) is 5.41 Å². The van der Waals surface area contributed by atoms with Gasteiger partial charge in [0.1, 0.15) is 11.6 Å². The van der Waals surface area contributed by atoms with Gasteiger partial charge in [-0.2, -0.15) is 0 Å². The first-order chi connectivity index (χ1) is 10.0. The number of methoxy groups -OCH3 is 1. The van der Waals surface area contributed by atoms with Gasteiger partial charge in [-0.25, -0.2) is 0 Å². The molecule has 2 aromatic carbocycles. The molecule has 2 rings (SSSR count). The highest BCUT2D eigenvalue weighted by Gasteiger charge is 2.13. The number of nitrogens with two attached hydrogens (primary N) is 1. The van der Waals surface area contributed by atoms with Crippen LogP contribution >= 0.6 is 15.9 Å². The van der Waals surface area contributed by atoms with Crippen molar-refractivity contribution in [3.05, 3.63) is 58.1 Å². The zero-order valence-electron chi connectivity index (χ0n) is 12.1. The topological polar surface area (TPSA) is 62.3 Å². The molecule has 21 heavy (non-hydrogen) atoms. The summed E-state index contributed by atoms with van der Waals surface area (Å²) in [7, 11) is 3.64. The molecule has 5 heteroatoms. The van der Waals surface area contributed by atoms with E-state index < -0.39 is 0 Å². The van der Waals surface area contributed by atoms with Gasteiger partial charge >= 0.3 is 0 Å². The lowest BCUT2D eigenvalue weighted by Crippen LogP contribution is -2.22. The molecule has 0 bridgehead atoms. The monoisotopic (exact) mass is 347 g/mol. The number of amidine groups is 1. The van der Waals surface area contributed by atoms with E-state index in [-0.39, 0.29) is 5.84 Å². The van der Waals surface area contributed by atoms with Gasteiger partial charge in [-0.1, -0.05) is 18.2 Å². The quantitative estimate of drug-likeness (QED) is 0.643. The van der Waals surface area contributed by atoms with Gasteiger partial charge in [0.05, 0.1) is 12.7 Å². The van der Waals surface area contributed by atoms with E-state index in [2.05, 4.69) is 20.8 Å². The number of halogens is 1. The van der Waals surface area contributed by atoms with Gasteiger partial charge < -0.3 is 15.4 Å². The number of nitrogens with zero attached hydrogens (tertiary/aromatic N) is 1. The predicted octanol–water partition coefficient (Wildman–Crippen LogP) is 3.38. The Labute approximate surface area is 133 Å². The number of ether oxygens (including phenoxy) is 1. The molecule has 0 aliphatic heterocycles. The molecule has 0 aliphatic carbocycles. The van der Waals surface area contributed by atoms with Crippen molar-refractivity contribution in [2.45, 2.75) is 6.54 Å². The van der Waals surface area contributed by atoms with Gasteiger partial charge in [0.15, 0.2) is 0 Å². The van der Waals surface area contributed by atoms with Crippen LogP contribution in [0.15, 0.2) is 46.9 Å². The lowest BCUT2D eigenvalue weighted by atomic mass is 10.1. The van der Waals surface area contributed by atoms with Gasteiger partial charge in [-0.05, 0) is 45.8 Å². The Kier molecular flexibility index (Phi) is 4.85. The summed E-state index contributed by atoms with van der Waals surface area (Å²) in [6, 6.07) is 13.7. The smallest absolute Gasteiger partial charge is 0.126 e. The normalized spacial score (nSPS) is 10.2. The van der Waals surface area contributed by atoms with Crippen molar-refractivity contribution in [3.63, 3.8) is 0 Å². The van der Waals surface area contributed by atoms with Crippen molar-refractivity contribution in [2.75, 3.05) is 19.1 Å². The van der Waals surface area contributed by atoms with Crippen LogP contribution in [0.25, 0.3) is 0 Å². The number of anilines is 1. The number of hydrogen-bond acceptors (Lipinski definition) is 3. The van der Waals surface area contributed by atoms with Gasteiger partial charge in [-0.15, -0.1) is 0 Å². The summed E-state index contributed by atoms with van der Waals surface area (Å²) in [4.78, 5) is 2.07. The van der Waals surface area contributed by atoms with Crippen LogP contribution in [0.3, 0.4) is 0 Å². The van der Waals surface area contributed by atoms with Crippen molar-refractivity contribution < 1.29 is 4.74 Å². The van der Waals surface area contributed by atoms with E-state index in [0.717, 1.165) is 21.5 Å². The Morgan fingerprint density at radius 3 is 2.67 bits per heavy atom. The van der Waals surface area contributed by atoms with Crippen LogP contribution in [-0.2, 0) is 6.54 Å². The van der Waals surface area contributed by atoms with Crippen LogP contribution in [0.2, 0.25) is 0 Å². The van der Waals surface area contributed by atoms with Gasteiger partial charge in [0.25, 0.3) is 0 Å². The van der Waals surface area contributed by atoms with Gasteiger partial charge in [0, 0.05) is 23.8 Å². The second-order valence-electron chi connectivity index (χ2n) is 4.76. The molecule has 0 fully saturated rings. The molecule has 0 saturated heterocycles. The minimum Gasteiger partial charge on any atom is -0.497 e. The molecular formula is C16H18BrN3O. The summed E-state index contributed by atoms with van der Waals surface area (Å²) < 4.78 is 6.07. The van der Waals surface area contributed by atoms with Crippen LogP contribution in [-0.4, -0.2) is 20.0 Å². The standard InChI is InChI=1S/C16H18BrN3O/c1-20(10-11-5-3-6-12(9-11)21-2)14-8-4-7-13(17)15(14)16(18)19/h3-9H,10H2,1-2H3,(H3,18,19). The molecule has 0 radical (unpaired) electrons. The Morgan fingerprint density at radius 1 is 1.29 bits per heavy atom. The first-order valence-electron chi connectivity index (χ1n) is 6.50. The number of rotatable bonds is 5. The fraction of sp³-hybridized carbons (Fsp3) is 0.188. The van der Waals surface area contributed by atoms with Crippen LogP contribution in [0.1, 0.15) is 11.1 Å². The molecule has 0 unspecified atom stereocenters. The maximum absolute atomic E-state index is 7.76. The Balaban J connectivity index is 2.30. The molecular weight excluding hydrogens is 330 g/mol. The average molecular weight is 348 g/mol. The third-order valence-electron chi connectivity index (χ3n) is 3.23. The van der Waals surface area contributed by atoms with E-state index >= 15 is 0 Å². The molecule has 0 atom stereocenters. The number of nitrogens with one attached hydrogen (secondary N) is 1. The SMILES string of the molecule is COc1cccc(CN(C)c2cccc(Br)c2C(=N)N)c1. The maximum Gasteiger partial charge on any atom is 0.126 e. The second kappa shape index (κ2) is 6.63. The minimum atomic E-state index is 0.0509.